The van der Waals surface area contributed by atoms with E-state index in [-0.39, 0.29) is 30.2 Å². The third-order valence-corrected chi connectivity index (χ3v) is 7.07. The van der Waals surface area contributed by atoms with Crippen LogP contribution in [0.15, 0.2) is 53.5 Å². The number of ether oxygens (including phenoxy) is 1. The summed E-state index contributed by atoms with van der Waals surface area (Å²) in [4.78, 5) is 43.6. The maximum atomic E-state index is 12.7. The van der Waals surface area contributed by atoms with Gasteiger partial charge in [-0.3, -0.25) is 14.4 Å². The molecule has 2 atom stereocenters. The van der Waals surface area contributed by atoms with Gasteiger partial charge in [-0.1, -0.05) is 30.0 Å². The number of aliphatic imine (C=N–C) groups is 1. The van der Waals surface area contributed by atoms with Gasteiger partial charge in [0.15, 0.2) is 5.17 Å². The lowest BCUT2D eigenvalue weighted by Gasteiger charge is -2.17. The van der Waals surface area contributed by atoms with Gasteiger partial charge in [0, 0.05) is 36.3 Å². The number of para-hydroxylation sites is 1. The molecule has 3 amide bonds. The first-order valence-corrected chi connectivity index (χ1v) is 12.2. The summed E-state index contributed by atoms with van der Waals surface area (Å²) in [5.41, 5.74) is 1.93. The first-order valence-electron chi connectivity index (χ1n) is 11.3. The molecule has 2 aromatic rings. The Kier molecular flexibility index (Phi) is 7.52. The summed E-state index contributed by atoms with van der Waals surface area (Å²) in [7, 11) is 1.60. The molecule has 2 heterocycles. The Hall–Kier alpha value is -3.33. The lowest BCUT2D eigenvalue weighted by molar-refractivity contribution is -0.121. The van der Waals surface area contributed by atoms with Gasteiger partial charge in [-0.25, -0.2) is 0 Å². The van der Waals surface area contributed by atoms with Crippen LogP contribution in [0.3, 0.4) is 0 Å². The van der Waals surface area contributed by atoms with Gasteiger partial charge < -0.3 is 20.3 Å². The Morgan fingerprint density at radius 1 is 1.15 bits per heavy atom. The largest absolute Gasteiger partial charge is 0.496 e. The zero-order valence-electron chi connectivity index (χ0n) is 19.2. The van der Waals surface area contributed by atoms with Gasteiger partial charge >= 0.3 is 0 Å². The summed E-state index contributed by atoms with van der Waals surface area (Å²) in [6.45, 7) is 3.72. The van der Waals surface area contributed by atoms with E-state index in [1.165, 1.54) is 11.8 Å². The molecule has 0 spiro atoms. The summed E-state index contributed by atoms with van der Waals surface area (Å²) in [5.74, 6) is -0.0231. The van der Waals surface area contributed by atoms with Crippen LogP contribution in [0.1, 0.15) is 48.1 Å². The molecule has 2 aliphatic rings. The molecule has 0 aromatic heterocycles. The first kappa shape index (κ1) is 23.8. The number of amides is 3. The molecule has 0 bridgehead atoms. The van der Waals surface area contributed by atoms with Gasteiger partial charge in [-0.2, -0.15) is 4.99 Å². The number of nitrogens with one attached hydrogen (secondary N) is 2. The summed E-state index contributed by atoms with van der Waals surface area (Å²) < 4.78 is 5.37. The van der Waals surface area contributed by atoms with Crippen molar-refractivity contribution in [2.45, 2.75) is 37.5 Å². The van der Waals surface area contributed by atoms with E-state index in [9.17, 15) is 14.4 Å². The highest BCUT2D eigenvalue weighted by atomic mass is 32.2. The average molecular weight is 481 g/mol. The molecule has 0 unspecified atom stereocenters. The van der Waals surface area contributed by atoms with Crippen LogP contribution in [-0.4, -0.2) is 53.2 Å². The first-order chi connectivity index (χ1) is 16.4. The van der Waals surface area contributed by atoms with Gasteiger partial charge in [-0.15, -0.1) is 0 Å². The van der Waals surface area contributed by atoms with Crippen molar-refractivity contribution in [1.82, 2.24) is 10.2 Å². The van der Waals surface area contributed by atoms with E-state index in [4.69, 9.17) is 4.74 Å². The summed E-state index contributed by atoms with van der Waals surface area (Å²) in [5, 5.41) is 6.01. The number of methoxy groups -OCH3 is 1. The molecular formula is C25H28N4O4S. The van der Waals surface area contributed by atoms with Crippen LogP contribution in [0.2, 0.25) is 0 Å². The van der Waals surface area contributed by atoms with E-state index in [0.29, 0.717) is 17.0 Å². The molecule has 34 heavy (non-hydrogen) atoms. The van der Waals surface area contributed by atoms with Crippen molar-refractivity contribution >= 4 is 40.3 Å². The molecule has 8 nitrogen and oxygen atoms in total. The van der Waals surface area contributed by atoms with Crippen molar-refractivity contribution in [2.24, 2.45) is 4.99 Å². The second kappa shape index (κ2) is 10.7. The zero-order valence-corrected chi connectivity index (χ0v) is 20.1. The summed E-state index contributed by atoms with van der Waals surface area (Å²) in [6, 6.07) is 14.0. The Morgan fingerprint density at radius 2 is 1.85 bits per heavy atom. The monoisotopic (exact) mass is 480 g/mol. The minimum absolute atomic E-state index is 0.0585. The maximum Gasteiger partial charge on any atom is 0.262 e. The smallest absolute Gasteiger partial charge is 0.262 e. The standard InChI is InChI=1S/C25H28N4O4S/c1-16(19-7-3-4-8-20(19)33-2)26-23(31)17-9-11-18(12-10-17)27-22(30)15-21-24(32)28-25(34-21)29-13-5-6-14-29/h3-4,7-12,16,21H,5-6,13-15H2,1-2H3,(H,26,31)(H,27,30)/t16-,21+/m1/s1. The third kappa shape index (κ3) is 5.59. The van der Waals surface area contributed by atoms with Crippen molar-refractivity contribution < 1.29 is 19.1 Å². The molecule has 1 saturated heterocycles. The minimum Gasteiger partial charge on any atom is -0.496 e. The molecule has 2 N–H and O–H groups in total. The van der Waals surface area contributed by atoms with E-state index < -0.39 is 5.25 Å². The number of hydrogen-bond donors (Lipinski definition) is 2. The number of likely N-dealkylation sites (tertiary alicyclic amines) is 1. The normalized spacial score (nSPS) is 18.4. The van der Waals surface area contributed by atoms with E-state index >= 15 is 0 Å². The van der Waals surface area contributed by atoms with Crippen molar-refractivity contribution in [3.63, 3.8) is 0 Å². The topological polar surface area (TPSA) is 100 Å². The fraction of sp³-hybridized carbons (Fsp3) is 0.360. The molecule has 0 aliphatic carbocycles. The number of thioether (sulfide) groups is 1. The van der Waals surface area contributed by atoms with Crippen molar-refractivity contribution in [3.8, 4) is 5.75 Å². The van der Waals surface area contributed by atoms with Crippen LogP contribution in [0.4, 0.5) is 5.69 Å². The van der Waals surface area contributed by atoms with E-state index in [1.54, 1.807) is 31.4 Å². The predicted molar refractivity (Wildman–Crippen MR) is 133 cm³/mol. The molecular weight excluding hydrogens is 452 g/mol. The highest BCUT2D eigenvalue weighted by molar-refractivity contribution is 8.15. The fourth-order valence-corrected chi connectivity index (χ4v) is 5.14. The highest BCUT2D eigenvalue weighted by Crippen LogP contribution is 2.29. The molecule has 2 aromatic carbocycles. The Bertz CT molecular complexity index is 1100. The fourth-order valence-electron chi connectivity index (χ4n) is 4.02. The van der Waals surface area contributed by atoms with Crippen LogP contribution in [0.5, 0.6) is 5.75 Å². The molecule has 1 fully saturated rings. The second-order valence-corrected chi connectivity index (χ2v) is 9.47. The molecule has 0 radical (unpaired) electrons. The number of carbonyl (C=O) groups is 3. The molecule has 0 saturated carbocycles. The van der Waals surface area contributed by atoms with Gasteiger partial charge in [0.05, 0.1) is 13.2 Å². The molecule has 9 heteroatoms. The molecule has 2 aliphatic heterocycles. The maximum absolute atomic E-state index is 12.7. The minimum atomic E-state index is -0.489. The predicted octanol–water partition coefficient (Wildman–Crippen LogP) is 3.61. The summed E-state index contributed by atoms with van der Waals surface area (Å²) >= 11 is 1.37. The van der Waals surface area contributed by atoms with E-state index in [2.05, 4.69) is 20.5 Å². The molecule has 178 valence electrons. The van der Waals surface area contributed by atoms with Crippen molar-refractivity contribution in [1.29, 1.82) is 0 Å². The second-order valence-electron chi connectivity index (χ2n) is 8.30. The van der Waals surface area contributed by atoms with Crippen molar-refractivity contribution in [2.75, 3.05) is 25.5 Å². The lowest BCUT2D eigenvalue weighted by Crippen LogP contribution is -2.27. The van der Waals surface area contributed by atoms with E-state index in [0.717, 1.165) is 36.7 Å². The lowest BCUT2D eigenvalue weighted by atomic mass is 10.1. The number of amidine groups is 1. The number of anilines is 1. The van der Waals surface area contributed by atoms with Crippen LogP contribution in [0, 0.1) is 0 Å². The van der Waals surface area contributed by atoms with Gasteiger partial charge in [0.1, 0.15) is 11.0 Å². The number of carbonyl (C=O) groups excluding carboxylic acids is 3. The number of hydrogen-bond acceptors (Lipinski definition) is 6. The Morgan fingerprint density at radius 3 is 2.56 bits per heavy atom. The van der Waals surface area contributed by atoms with Crippen molar-refractivity contribution in [3.05, 3.63) is 59.7 Å². The highest BCUT2D eigenvalue weighted by Gasteiger charge is 2.33. The number of rotatable bonds is 7. The van der Waals surface area contributed by atoms with Gasteiger partial charge in [-0.05, 0) is 50.1 Å². The van der Waals surface area contributed by atoms with E-state index in [1.807, 2.05) is 31.2 Å². The van der Waals surface area contributed by atoms with Crippen LogP contribution in [0.25, 0.3) is 0 Å². The van der Waals surface area contributed by atoms with Crippen LogP contribution in [-0.2, 0) is 9.59 Å². The Balaban J connectivity index is 1.29. The quantitative estimate of drug-likeness (QED) is 0.628. The van der Waals surface area contributed by atoms with Crippen LogP contribution >= 0.6 is 11.8 Å². The van der Waals surface area contributed by atoms with Gasteiger partial charge in [0.25, 0.3) is 11.8 Å². The molecule has 4 rings (SSSR count). The summed E-state index contributed by atoms with van der Waals surface area (Å²) in [6.07, 6.45) is 2.27. The average Bonchev–Trinajstić information content (AvgIpc) is 3.49. The Labute approximate surface area is 203 Å². The SMILES string of the molecule is COc1ccccc1[C@@H](C)NC(=O)c1ccc(NC(=O)C[C@@H]2SC(N3CCCC3)=NC2=O)cc1. The zero-order chi connectivity index (χ0) is 24.1. The number of nitrogens with zero attached hydrogens (tertiary/aromatic N) is 2. The number of benzene rings is 2. The van der Waals surface area contributed by atoms with Gasteiger partial charge in [0.2, 0.25) is 5.91 Å². The third-order valence-electron chi connectivity index (χ3n) is 5.86. The van der Waals surface area contributed by atoms with Crippen LogP contribution < -0.4 is 15.4 Å².